The number of rotatable bonds is 3. The number of nitrogens with zero attached hydrogens (tertiary/aromatic N) is 2. The van der Waals surface area contributed by atoms with Gasteiger partial charge in [0.25, 0.3) is 0 Å². The summed E-state index contributed by atoms with van der Waals surface area (Å²) in [5.74, 6) is -3.41. The second kappa shape index (κ2) is 6.63. The Labute approximate surface area is 146 Å². The topological polar surface area (TPSA) is 40.6 Å². The number of para-hydroxylation sites is 1. The van der Waals surface area contributed by atoms with Gasteiger partial charge in [-0.1, -0.05) is 18.2 Å². The summed E-state index contributed by atoms with van der Waals surface area (Å²) in [6, 6.07) is 14.0. The molecule has 4 nitrogen and oxygen atoms in total. The van der Waals surface area contributed by atoms with Crippen LogP contribution in [0.15, 0.2) is 53.4 Å². The van der Waals surface area contributed by atoms with Crippen molar-refractivity contribution in [3.63, 3.8) is 0 Å². The van der Waals surface area contributed by atoms with Crippen LogP contribution in [0.2, 0.25) is 0 Å². The number of anilines is 2. The van der Waals surface area contributed by atoms with Crippen LogP contribution in [0, 0.1) is 0 Å². The summed E-state index contributed by atoms with van der Waals surface area (Å²) in [4.78, 5) is 3.99. The van der Waals surface area contributed by atoms with Crippen molar-refractivity contribution in [2.75, 3.05) is 23.4 Å². The van der Waals surface area contributed by atoms with Gasteiger partial charge in [0.1, 0.15) is 0 Å². The lowest BCUT2D eigenvalue weighted by atomic mass is 10.1. The van der Waals surface area contributed by atoms with Crippen LogP contribution in [0.3, 0.4) is 0 Å². The molecule has 1 aliphatic rings. The average molecular weight is 366 g/mol. The summed E-state index contributed by atoms with van der Waals surface area (Å²) in [7, 11) is -2.52. The van der Waals surface area contributed by atoms with Gasteiger partial charge in [0, 0.05) is 37.6 Å². The zero-order chi connectivity index (χ0) is 18.2. The molecule has 25 heavy (non-hydrogen) atoms. The second-order valence-corrected chi connectivity index (χ2v) is 8.20. The highest BCUT2D eigenvalue weighted by Crippen LogP contribution is 2.30. The molecule has 7 heteroatoms. The Morgan fingerprint density at radius 3 is 2.36 bits per heavy atom. The van der Waals surface area contributed by atoms with Gasteiger partial charge in [0.2, 0.25) is 9.84 Å². The lowest BCUT2D eigenvalue weighted by molar-refractivity contribution is 0.234. The van der Waals surface area contributed by atoms with Crippen molar-refractivity contribution in [1.82, 2.24) is 0 Å². The lowest BCUT2D eigenvalue weighted by Crippen LogP contribution is -2.38. The van der Waals surface area contributed by atoms with Gasteiger partial charge in [0.05, 0.1) is 4.90 Å². The van der Waals surface area contributed by atoms with Crippen LogP contribution in [0.25, 0.3) is 0 Å². The van der Waals surface area contributed by atoms with Crippen molar-refractivity contribution in [3.05, 3.63) is 54.1 Å². The smallest absolute Gasteiger partial charge is 0.341 e. The number of likely N-dealkylation sites (N-methyl/N-ethyl adjacent to an activating group) is 1. The molecule has 0 saturated carbocycles. The van der Waals surface area contributed by atoms with E-state index < -0.39 is 15.6 Å². The van der Waals surface area contributed by atoms with Crippen molar-refractivity contribution in [3.8, 4) is 0 Å². The molecule has 0 radical (unpaired) electrons. The molecule has 0 bridgehead atoms. The van der Waals surface area contributed by atoms with Gasteiger partial charge >= 0.3 is 5.76 Å². The van der Waals surface area contributed by atoms with Gasteiger partial charge in [-0.15, -0.1) is 0 Å². The molecule has 1 atom stereocenters. The Bertz CT molecular complexity index is 854. The molecular formula is C18H20F2N2O2S. The van der Waals surface area contributed by atoms with Crippen molar-refractivity contribution in [1.29, 1.82) is 0 Å². The van der Waals surface area contributed by atoms with E-state index in [1.54, 1.807) is 12.1 Å². The third kappa shape index (κ3) is 3.33. The molecule has 0 saturated heterocycles. The monoisotopic (exact) mass is 366 g/mol. The minimum atomic E-state index is -4.56. The molecule has 0 aromatic heterocycles. The molecule has 1 unspecified atom stereocenters. The van der Waals surface area contributed by atoms with E-state index >= 15 is 0 Å². The number of hydrogen-bond acceptors (Lipinski definition) is 4. The highest BCUT2D eigenvalue weighted by atomic mass is 32.2. The molecule has 3 rings (SSSR count). The third-order valence-corrected chi connectivity index (χ3v) is 5.94. The van der Waals surface area contributed by atoms with Gasteiger partial charge in [0.15, 0.2) is 0 Å². The van der Waals surface area contributed by atoms with Crippen molar-refractivity contribution in [2.24, 2.45) is 0 Å². The number of benzene rings is 2. The van der Waals surface area contributed by atoms with Gasteiger partial charge < -0.3 is 9.80 Å². The predicted octanol–water partition coefficient (Wildman–Crippen LogP) is 3.53. The van der Waals surface area contributed by atoms with E-state index in [4.69, 9.17) is 0 Å². The maximum Gasteiger partial charge on any atom is 0.341 e. The first kappa shape index (κ1) is 17.7. The molecule has 0 amide bonds. The van der Waals surface area contributed by atoms with Crippen LogP contribution in [-0.4, -0.2) is 33.8 Å². The van der Waals surface area contributed by atoms with E-state index in [1.807, 2.05) is 19.2 Å². The van der Waals surface area contributed by atoms with E-state index in [9.17, 15) is 17.2 Å². The minimum absolute atomic E-state index is 0.176. The number of halogens is 2. The Kier molecular flexibility index (Phi) is 4.69. The summed E-state index contributed by atoms with van der Waals surface area (Å²) in [6.07, 6.45) is 0. The van der Waals surface area contributed by atoms with Crippen LogP contribution in [0.4, 0.5) is 20.2 Å². The van der Waals surface area contributed by atoms with Crippen molar-refractivity contribution in [2.45, 2.75) is 30.2 Å². The molecule has 1 heterocycles. The minimum Gasteiger partial charge on any atom is -0.372 e. The van der Waals surface area contributed by atoms with Crippen LogP contribution < -0.4 is 9.80 Å². The quantitative estimate of drug-likeness (QED) is 0.833. The normalized spacial score (nSPS) is 18.2. The molecule has 0 fully saturated rings. The zero-order valence-electron chi connectivity index (χ0n) is 14.1. The van der Waals surface area contributed by atoms with Crippen LogP contribution in [-0.2, 0) is 16.4 Å². The molecule has 2 aromatic rings. The zero-order valence-corrected chi connectivity index (χ0v) is 14.9. The van der Waals surface area contributed by atoms with Crippen molar-refractivity contribution >= 4 is 21.2 Å². The van der Waals surface area contributed by atoms with E-state index in [0.29, 0.717) is 6.54 Å². The van der Waals surface area contributed by atoms with Crippen LogP contribution >= 0.6 is 0 Å². The van der Waals surface area contributed by atoms with Gasteiger partial charge in [-0.05, 0) is 42.8 Å². The number of sulfone groups is 1. The molecule has 2 aromatic carbocycles. The third-order valence-electron chi connectivity index (χ3n) is 4.55. The van der Waals surface area contributed by atoms with E-state index in [0.717, 1.165) is 17.9 Å². The summed E-state index contributed by atoms with van der Waals surface area (Å²) in [5.41, 5.74) is 3.14. The van der Waals surface area contributed by atoms with Gasteiger partial charge in [-0.2, -0.15) is 8.78 Å². The summed E-state index contributed by atoms with van der Waals surface area (Å²) < 4.78 is 48.5. The van der Waals surface area contributed by atoms with E-state index in [1.165, 1.54) is 17.7 Å². The van der Waals surface area contributed by atoms with Crippen LogP contribution in [0.5, 0.6) is 0 Å². The molecule has 0 N–H and O–H groups in total. The summed E-state index contributed by atoms with van der Waals surface area (Å²) in [6.45, 7) is 3.56. The Morgan fingerprint density at radius 1 is 1.08 bits per heavy atom. The first-order valence-electron chi connectivity index (χ1n) is 7.98. The number of alkyl halides is 2. The average Bonchev–Trinajstić information content (AvgIpc) is 2.71. The lowest BCUT2D eigenvalue weighted by Gasteiger charge is -2.30. The van der Waals surface area contributed by atoms with E-state index in [2.05, 4.69) is 28.9 Å². The second-order valence-electron chi connectivity index (χ2n) is 6.29. The molecular weight excluding hydrogens is 346 g/mol. The largest absolute Gasteiger partial charge is 0.372 e. The number of hydrogen-bond donors (Lipinski definition) is 0. The van der Waals surface area contributed by atoms with E-state index in [-0.39, 0.29) is 10.9 Å². The SMILES string of the molecule is CC1CN(C)c2ccccc2CN1c1ccc(S(=O)(=O)C(F)F)cc1. The molecule has 134 valence electrons. The first-order valence-corrected chi connectivity index (χ1v) is 9.53. The predicted molar refractivity (Wildman–Crippen MR) is 95.0 cm³/mol. The van der Waals surface area contributed by atoms with Crippen molar-refractivity contribution < 1.29 is 17.2 Å². The Balaban J connectivity index is 1.94. The standard InChI is InChI=1S/C18H20F2N2O2S/c1-13-11-21(2)17-6-4-3-5-14(17)12-22(13)15-7-9-16(10-8-15)25(23,24)18(19)20/h3-10,13,18H,11-12H2,1-2H3. The highest BCUT2D eigenvalue weighted by molar-refractivity contribution is 7.91. The fourth-order valence-electron chi connectivity index (χ4n) is 3.23. The molecule has 0 spiro atoms. The maximum absolute atomic E-state index is 12.7. The fourth-order valence-corrected chi connectivity index (χ4v) is 3.95. The summed E-state index contributed by atoms with van der Waals surface area (Å²) >= 11 is 0. The van der Waals surface area contributed by atoms with Gasteiger partial charge in [-0.25, -0.2) is 8.42 Å². The summed E-state index contributed by atoms with van der Waals surface area (Å²) in [5, 5.41) is 0. The van der Waals surface area contributed by atoms with Gasteiger partial charge in [-0.3, -0.25) is 0 Å². The Morgan fingerprint density at radius 2 is 1.72 bits per heavy atom. The number of fused-ring (bicyclic) bond motifs is 1. The molecule has 0 aliphatic carbocycles. The molecule has 1 aliphatic heterocycles. The highest BCUT2D eigenvalue weighted by Gasteiger charge is 2.27. The fraction of sp³-hybridized carbons (Fsp3) is 0.333. The van der Waals surface area contributed by atoms with Crippen LogP contribution in [0.1, 0.15) is 12.5 Å². The maximum atomic E-state index is 12.7. The Hall–Kier alpha value is -2.15. The first-order chi connectivity index (χ1) is 11.8.